The summed E-state index contributed by atoms with van der Waals surface area (Å²) in [5, 5.41) is 9.58. The molecule has 0 aliphatic rings. The number of primary amides is 1. The van der Waals surface area contributed by atoms with Gasteiger partial charge in [0.25, 0.3) is 5.91 Å². The van der Waals surface area contributed by atoms with E-state index in [-0.39, 0.29) is 22.6 Å². The Hall–Kier alpha value is -1.41. The SMILES string of the molecule is NC(=O)OCCNC(=O)c1nnc(Cl)s1. The number of amides is 2. The smallest absolute Gasteiger partial charge is 0.404 e. The van der Waals surface area contributed by atoms with Crippen LogP contribution in [-0.4, -0.2) is 35.3 Å². The van der Waals surface area contributed by atoms with E-state index < -0.39 is 12.0 Å². The Morgan fingerprint density at radius 1 is 1.53 bits per heavy atom. The normalized spacial score (nSPS) is 9.67. The van der Waals surface area contributed by atoms with Gasteiger partial charge in [0.05, 0.1) is 6.54 Å². The quantitative estimate of drug-likeness (QED) is 0.733. The van der Waals surface area contributed by atoms with Gasteiger partial charge in [0.2, 0.25) is 9.47 Å². The number of carbonyl (C=O) groups is 2. The van der Waals surface area contributed by atoms with Gasteiger partial charge in [-0.25, -0.2) is 4.79 Å². The highest BCUT2D eigenvalue weighted by molar-refractivity contribution is 7.17. The third-order valence-electron chi connectivity index (χ3n) is 1.23. The first-order valence-corrected chi connectivity index (χ1v) is 4.98. The number of rotatable bonds is 4. The van der Waals surface area contributed by atoms with Crippen LogP contribution in [0, 0.1) is 0 Å². The summed E-state index contributed by atoms with van der Waals surface area (Å²) >= 11 is 6.45. The molecule has 0 unspecified atom stereocenters. The second kappa shape index (κ2) is 5.47. The molecule has 1 rings (SSSR count). The molecule has 0 aromatic carbocycles. The maximum absolute atomic E-state index is 11.3. The fourth-order valence-corrected chi connectivity index (χ4v) is 1.43. The molecule has 0 aliphatic heterocycles. The van der Waals surface area contributed by atoms with E-state index in [9.17, 15) is 9.59 Å². The maximum Gasteiger partial charge on any atom is 0.404 e. The van der Waals surface area contributed by atoms with Gasteiger partial charge in [-0.15, -0.1) is 10.2 Å². The van der Waals surface area contributed by atoms with Gasteiger partial charge >= 0.3 is 6.09 Å². The average Bonchev–Trinajstić information content (AvgIpc) is 2.59. The largest absolute Gasteiger partial charge is 0.448 e. The van der Waals surface area contributed by atoms with Crippen LogP contribution in [0.15, 0.2) is 0 Å². The number of nitrogens with two attached hydrogens (primary N) is 1. The first-order chi connectivity index (χ1) is 7.09. The van der Waals surface area contributed by atoms with Crippen LogP contribution >= 0.6 is 22.9 Å². The molecule has 1 aromatic rings. The van der Waals surface area contributed by atoms with Gasteiger partial charge in [-0.1, -0.05) is 11.3 Å². The first kappa shape index (κ1) is 11.7. The molecule has 0 aliphatic carbocycles. The monoisotopic (exact) mass is 250 g/mol. The highest BCUT2D eigenvalue weighted by Crippen LogP contribution is 2.14. The van der Waals surface area contributed by atoms with E-state index in [0.717, 1.165) is 11.3 Å². The topological polar surface area (TPSA) is 107 Å². The fraction of sp³-hybridized carbons (Fsp3) is 0.333. The standard InChI is InChI=1S/C6H7ClN4O3S/c7-5-11-10-4(15-5)3(12)9-1-2-14-6(8)13/h1-2H2,(H2,8,13)(H,9,12). The minimum Gasteiger partial charge on any atom is -0.448 e. The van der Waals surface area contributed by atoms with Crippen LogP contribution in [0.25, 0.3) is 0 Å². The Balaban J connectivity index is 2.28. The van der Waals surface area contributed by atoms with E-state index in [1.165, 1.54) is 0 Å². The Labute approximate surface area is 93.6 Å². The van der Waals surface area contributed by atoms with E-state index in [2.05, 4.69) is 20.3 Å². The number of ether oxygens (including phenoxy) is 1. The van der Waals surface area contributed by atoms with Crippen molar-refractivity contribution in [2.45, 2.75) is 0 Å². The lowest BCUT2D eigenvalue weighted by molar-refractivity contribution is 0.0935. The van der Waals surface area contributed by atoms with Crippen LogP contribution in [0.2, 0.25) is 4.47 Å². The van der Waals surface area contributed by atoms with E-state index >= 15 is 0 Å². The summed E-state index contributed by atoms with van der Waals surface area (Å²) in [6.45, 7) is 0.159. The van der Waals surface area contributed by atoms with E-state index in [1.54, 1.807) is 0 Å². The molecule has 2 amide bonds. The second-order valence-electron chi connectivity index (χ2n) is 2.28. The van der Waals surface area contributed by atoms with Crippen LogP contribution in [0.5, 0.6) is 0 Å². The van der Waals surface area contributed by atoms with Gasteiger partial charge in [0, 0.05) is 0 Å². The zero-order valence-electron chi connectivity index (χ0n) is 7.40. The molecule has 0 saturated heterocycles. The molecule has 0 atom stereocenters. The molecule has 7 nitrogen and oxygen atoms in total. The Morgan fingerprint density at radius 2 is 2.27 bits per heavy atom. The van der Waals surface area contributed by atoms with Crippen molar-refractivity contribution in [2.75, 3.05) is 13.2 Å². The number of hydrogen-bond donors (Lipinski definition) is 2. The predicted molar refractivity (Wildman–Crippen MR) is 52.8 cm³/mol. The first-order valence-electron chi connectivity index (χ1n) is 3.79. The van der Waals surface area contributed by atoms with Crippen molar-refractivity contribution >= 4 is 34.9 Å². The van der Waals surface area contributed by atoms with Crippen LogP contribution in [0.3, 0.4) is 0 Å². The summed E-state index contributed by atoms with van der Waals surface area (Å²) in [6.07, 6.45) is -0.886. The van der Waals surface area contributed by atoms with Crippen LogP contribution in [0.1, 0.15) is 9.80 Å². The molecule has 0 radical (unpaired) electrons. The average molecular weight is 251 g/mol. The fourth-order valence-electron chi connectivity index (χ4n) is 0.689. The number of halogens is 1. The molecule has 1 heterocycles. The summed E-state index contributed by atoms with van der Waals surface area (Å²) in [7, 11) is 0. The number of hydrogen-bond acceptors (Lipinski definition) is 6. The van der Waals surface area contributed by atoms with Crippen LogP contribution in [0.4, 0.5) is 4.79 Å². The van der Waals surface area contributed by atoms with Crippen LogP contribution < -0.4 is 11.1 Å². The molecule has 0 bridgehead atoms. The van der Waals surface area contributed by atoms with Crippen molar-refractivity contribution in [1.82, 2.24) is 15.5 Å². The molecule has 82 valence electrons. The summed E-state index contributed by atoms with van der Waals surface area (Å²) in [4.78, 5) is 21.4. The van der Waals surface area contributed by atoms with Crippen molar-refractivity contribution < 1.29 is 14.3 Å². The lowest BCUT2D eigenvalue weighted by atomic mass is 10.6. The molecular weight excluding hydrogens is 244 g/mol. The zero-order valence-corrected chi connectivity index (χ0v) is 8.97. The summed E-state index contributed by atoms with van der Waals surface area (Å²) in [6, 6.07) is 0. The van der Waals surface area contributed by atoms with Gasteiger partial charge < -0.3 is 15.8 Å². The van der Waals surface area contributed by atoms with Gasteiger partial charge in [-0.2, -0.15) is 0 Å². The Kier molecular flexibility index (Phi) is 4.25. The van der Waals surface area contributed by atoms with E-state index in [1.807, 2.05) is 0 Å². The number of nitrogens with one attached hydrogen (secondary N) is 1. The molecule has 0 spiro atoms. The predicted octanol–water partition coefficient (Wildman–Crippen LogP) is 0.0166. The third-order valence-corrected chi connectivity index (χ3v) is 2.24. The minimum atomic E-state index is -0.886. The molecular formula is C6H7ClN4O3S. The van der Waals surface area contributed by atoms with Crippen molar-refractivity contribution in [1.29, 1.82) is 0 Å². The van der Waals surface area contributed by atoms with Gasteiger partial charge in [0.15, 0.2) is 0 Å². The van der Waals surface area contributed by atoms with Crippen molar-refractivity contribution in [2.24, 2.45) is 5.73 Å². The number of nitrogens with zero attached hydrogens (tertiary/aromatic N) is 2. The molecule has 0 fully saturated rings. The zero-order chi connectivity index (χ0) is 11.3. The second-order valence-corrected chi connectivity index (χ2v) is 3.84. The molecule has 3 N–H and O–H groups in total. The van der Waals surface area contributed by atoms with Gasteiger partial charge in [0.1, 0.15) is 6.61 Å². The Morgan fingerprint density at radius 3 is 2.80 bits per heavy atom. The maximum atomic E-state index is 11.3. The summed E-state index contributed by atoms with van der Waals surface area (Å²) in [5.41, 5.74) is 4.71. The van der Waals surface area contributed by atoms with Crippen molar-refractivity contribution in [3.8, 4) is 0 Å². The molecule has 15 heavy (non-hydrogen) atoms. The summed E-state index contributed by atoms with van der Waals surface area (Å²) in [5.74, 6) is -0.424. The van der Waals surface area contributed by atoms with Crippen molar-refractivity contribution in [3.05, 3.63) is 9.47 Å². The lowest BCUT2D eigenvalue weighted by Crippen LogP contribution is -2.28. The lowest BCUT2D eigenvalue weighted by Gasteiger charge is -2.01. The molecule has 1 aromatic heterocycles. The minimum absolute atomic E-state index is 0.00755. The van der Waals surface area contributed by atoms with E-state index in [4.69, 9.17) is 17.3 Å². The third kappa shape index (κ3) is 4.09. The summed E-state index contributed by atoms with van der Waals surface area (Å²) < 4.78 is 4.59. The molecule has 9 heteroatoms. The van der Waals surface area contributed by atoms with Crippen LogP contribution in [-0.2, 0) is 4.74 Å². The van der Waals surface area contributed by atoms with E-state index in [0.29, 0.717) is 0 Å². The number of carbonyl (C=O) groups excluding carboxylic acids is 2. The highest BCUT2D eigenvalue weighted by atomic mass is 35.5. The Bertz CT molecular complexity index is 369. The highest BCUT2D eigenvalue weighted by Gasteiger charge is 2.10. The number of aromatic nitrogens is 2. The van der Waals surface area contributed by atoms with Crippen molar-refractivity contribution in [3.63, 3.8) is 0 Å². The van der Waals surface area contributed by atoms with Gasteiger partial charge in [-0.3, -0.25) is 4.79 Å². The molecule has 0 saturated carbocycles. The van der Waals surface area contributed by atoms with Gasteiger partial charge in [-0.05, 0) is 11.6 Å².